The first-order chi connectivity index (χ1) is 14.7. The van der Waals surface area contributed by atoms with Crippen LogP contribution in [-0.4, -0.2) is 26.0 Å². The molecule has 0 amide bonds. The molecule has 30 heavy (non-hydrogen) atoms. The highest BCUT2D eigenvalue weighted by Gasteiger charge is 2.13. The fourth-order valence-electron chi connectivity index (χ4n) is 3.89. The van der Waals surface area contributed by atoms with E-state index in [1.807, 2.05) is 29.8 Å². The number of rotatable bonds is 5. The summed E-state index contributed by atoms with van der Waals surface area (Å²) in [5, 5.41) is 15.1. The Kier molecular flexibility index (Phi) is 4.55. The maximum atomic E-state index is 8.67. The van der Waals surface area contributed by atoms with Gasteiger partial charge in [-0.1, -0.05) is 11.2 Å². The second-order valence-corrected chi connectivity index (χ2v) is 7.37. The Bertz CT molecular complexity index is 1260. The lowest BCUT2D eigenvalue weighted by atomic mass is 10.1. The van der Waals surface area contributed by atoms with Crippen molar-refractivity contribution in [3.8, 4) is 11.5 Å². The monoisotopic (exact) mass is 399 g/mol. The summed E-state index contributed by atoms with van der Waals surface area (Å²) in [5.74, 6) is 2.06. The van der Waals surface area contributed by atoms with E-state index in [1.165, 1.54) is 30.2 Å². The molecule has 0 fully saturated rings. The van der Waals surface area contributed by atoms with E-state index in [9.17, 15) is 0 Å². The minimum absolute atomic E-state index is 0.509. The largest absolute Gasteiger partial charge is 0.457 e. The summed E-state index contributed by atoms with van der Waals surface area (Å²) >= 11 is 0. The van der Waals surface area contributed by atoms with E-state index in [-0.39, 0.29) is 0 Å². The highest BCUT2D eigenvalue weighted by atomic mass is 16.5. The molecule has 5 rings (SSSR count). The van der Waals surface area contributed by atoms with Gasteiger partial charge in [0.2, 0.25) is 5.95 Å². The molecule has 0 unspecified atom stereocenters. The molecule has 0 spiro atoms. The molecule has 0 aliphatic heterocycles. The Hall–Kier alpha value is -3.87. The number of hydrogen-bond donors (Lipinski definition) is 2. The number of pyridine rings is 1. The molecule has 7 heteroatoms. The zero-order chi connectivity index (χ0) is 20.5. The fourth-order valence-corrected chi connectivity index (χ4v) is 3.89. The van der Waals surface area contributed by atoms with Crippen molar-refractivity contribution in [2.45, 2.75) is 19.3 Å². The highest BCUT2D eigenvalue weighted by molar-refractivity contribution is 5.81. The van der Waals surface area contributed by atoms with E-state index >= 15 is 0 Å². The first-order valence-corrected chi connectivity index (χ1v) is 9.86. The Morgan fingerprint density at radius 1 is 1.07 bits per heavy atom. The van der Waals surface area contributed by atoms with Crippen LogP contribution in [0.2, 0.25) is 0 Å². The average molecular weight is 399 g/mol. The number of anilines is 2. The zero-order valence-corrected chi connectivity index (χ0v) is 16.5. The third kappa shape index (κ3) is 3.45. The van der Waals surface area contributed by atoms with Crippen LogP contribution in [0.3, 0.4) is 0 Å². The van der Waals surface area contributed by atoms with Gasteiger partial charge in [-0.25, -0.2) is 4.98 Å². The second-order valence-electron chi connectivity index (χ2n) is 7.37. The number of ether oxygens (including phenoxy) is 1. The van der Waals surface area contributed by atoms with E-state index < -0.39 is 0 Å². The predicted molar refractivity (Wildman–Crippen MR) is 116 cm³/mol. The predicted octanol–water partition coefficient (Wildman–Crippen LogP) is 4.80. The molecule has 7 nitrogen and oxygen atoms in total. The molecule has 150 valence electrons. The molecule has 0 radical (unpaired) electrons. The SMILES string of the molecule is Cn1c(Nc2ccc3c(c2)CCC3)nc2cc(Oc3ccnc(/C=N/O)c3)ccc21. The van der Waals surface area contributed by atoms with E-state index in [4.69, 9.17) is 14.9 Å². The van der Waals surface area contributed by atoms with Gasteiger partial charge < -0.3 is 19.8 Å². The van der Waals surface area contributed by atoms with Crippen LogP contribution >= 0.6 is 0 Å². The quantitative estimate of drug-likeness (QED) is 0.286. The minimum Gasteiger partial charge on any atom is -0.457 e. The van der Waals surface area contributed by atoms with Gasteiger partial charge >= 0.3 is 0 Å². The van der Waals surface area contributed by atoms with Crippen LogP contribution in [-0.2, 0) is 19.9 Å². The first-order valence-electron chi connectivity index (χ1n) is 9.86. The van der Waals surface area contributed by atoms with E-state index in [2.05, 4.69) is 33.7 Å². The molecule has 0 saturated heterocycles. The van der Waals surface area contributed by atoms with Crippen LogP contribution in [0.15, 0.2) is 59.9 Å². The van der Waals surface area contributed by atoms with Crippen LogP contribution in [0, 0.1) is 0 Å². The molecule has 1 aliphatic carbocycles. The van der Waals surface area contributed by atoms with Crippen molar-refractivity contribution < 1.29 is 9.94 Å². The standard InChI is InChI=1S/C23H21N5O2/c1-28-22-8-7-19(30-20-9-10-24-18(12-20)14-25-29)13-21(22)27-23(28)26-17-6-5-15-3-2-4-16(15)11-17/h5-14,29H,2-4H2,1H3,(H,26,27)/b25-14+. The Balaban J connectivity index is 1.41. The Morgan fingerprint density at radius 2 is 1.93 bits per heavy atom. The topological polar surface area (TPSA) is 84.6 Å². The Labute approximate surface area is 173 Å². The van der Waals surface area contributed by atoms with Gasteiger partial charge in [0.1, 0.15) is 11.5 Å². The smallest absolute Gasteiger partial charge is 0.208 e. The first kappa shape index (κ1) is 18.2. The number of benzene rings is 2. The molecular weight excluding hydrogens is 378 g/mol. The molecule has 0 atom stereocenters. The highest BCUT2D eigenvalue weighted by Crippen LogP contribution is 2.30. The van der Waals surface area contributed by atoms with Crippen LogP contribution in [0.1, 0.15) is 23.2 Å². The second kappa shape index (κ2) is 7.51. The molecule has 0 saturated carbocycles. The number of aromatic nitrogens is 3. The Morgan fingerprint density at radius 3 is 2.83 bits per heavy atom. The number of nitrogens with zero attached hydrogens (tertiary/aromatic N) is 4. The summed E-state index contributed by atoms with van der Waals surface area (Å²) in [5.41, 5.74) is 6.29. The van der Waals surface area contributed by atoms with Crippen molar-refractivity contribution in [1.82, 2.24) is 14.5 Å². The van der Waals surface area contributed by atoms with Crippen molar-refractivity contribution in [1.29, 1.82) is 0 Å². The minimum atomic E-state index is 0.509. The molecule has 2 aromatic heterocycles. The zero-order valence-electron chi connectivity index (χ0n) is 16.5. The van der Waals surface area contributed by atoms with Crippen molar-refractivity contribution >= 4 is 28.9 Å². The molecule has 2 N–H and O–H groups in total. The van der Waals surface area contributed by atoms with Crippen LogP contribution < -0.4 is 10.1 Å². The van der Waals surface area contributed by atoms with Gasteiger partial charge in [-0.2, -0.15) is 0 Å². The van der Waals surface area contributed by atoms with Gasteiger partial charge in [-0.3, -0.25) is 4.98 Å². The maximum absolute atomic E-state index is 8.67. The number of aryl methyl sites for hydroxylation is 3. The number of fused-ring (bicyclic) bond motifs is 2. The van der Waals surface area contributed by atoms with Crippen molar-refractivity contribution in [2.75, 3.05) is 5.32 Å². The fraction of sp³-hybridized carbons (Fsp3) is 0.174. The third-order valence-electron chi connectivity index (χ3n) is 5.39. The van der Waals surface area contributed by atoms with E-state index in [0.717, 1.165) is 29.1 Å². The van der Waals surface area contributed by atoms with Crippen LogP contribution in [0.4, 0.5) is 11.6 Å². The van der Waals surface area contributed by atoms with Gasteiger partial charge in [0.25, 0.3) is 0 Å². The lowest BCUT2D eigenvalue weighted by Gasteiger charge is -2.08. The van der Waals surface area contributed by atoms with Crippen LogP contribution in [0.25, 0.3) is 11.0 Å². The summed E-state index contributed by atoms with van der Waals surface area (Å²) in [6.45, 7) is 0. The molecule has 2 heterocycles. The summed E-state index contributed by atoms with van der Waals surface area (Å²) in [4.78, 5) is 8.84. The summed E-state index contributed by atoms with van der Waals surface area (Å²) in [6.07, 6.45) is 6.42. The molecule has 0 bridgehead atoms. The summed E-state index contributed by atoms with van der Waals surface area (Å²) in [6, 6.07) is 15.8. The molecular formula is C23H21N5O2. The lowest BCUT2D eigenvalue weighted by molar-refractivity contribution is 0.321. The van der Waals surface area contributed by atoms with Crippen molar-refractivity contribution in [3.05, 3.63) is 71.5 Å². The van der Waals surface area contributed by atoms with Gasteiger partial charge in [-0.15, -0.1) is 0 Å². The lowest BCUT2D eigenvalue weighted by Crippen LogP contribution is -1.99. The van der Waals surface area contributed by atoms with Gasteiger partial charge in [0, 0.05) is 31.1 Å². The summed E-state index contributed by atoms with van der Waals surface area (Å²) in [7, 11) is 1.99. The molecule has 1 aliphatic rings. The van der Waals surface area contributed by atoms with Gasteiger partial charge in [-0.05, 0) is 60.7 Å². The molecule has 2 aromatic carbocycles. The number of imidazole rings is 1. The van der Waals surface area contributed by atoms with Gasteiger partial charge in [0.15, 0.2) is 0 Å². The molecule has 4 aromatic rings. The van der Waals surface area contributed by atoms with Crippen molar-refractivity contribution in [2.24, 2.45) is 12.2 Å². The maximum Gasteiger partial charge on any atom is 0.208 e. The third-order valence-corrected chi connectivity index (χ3v) is 5.39. The normalized spacial score (nSPS) is 13.1. The number of hydrogen-bond acceptors (Lipinski definition) is 6. The number of oxime groups is 1. The average Bonchev–Trinajstić information content (AvgIpc) is 3.33. The number of nitrogens with one attached hydrogen (secondary N) is 1. The van der Waals surface area contributed by atoms with E-state index in [0.29, 0.717) is 17.2 Å². The van der Waals surface area contributed by atoms with Gasteiger partial charge in [0.05, 0.1) is 22.9 Å². The van der Waals surface area contributed by atoms with Crippen molar-refractivity contribution in [3.63, 3.8) is 0 Å². The summed E-state index contributed by atoms with van der Waals surface area (Å²) < 4.78 is 7.97. The van der Waals surface area contributed by atoms with Crippen LogP contribution in [0.5, 0.6) is 11.5 Å². The van der Waals surface area contributed by atoms with E-state index in [1.54, 1.807) is 18.3 Å².